The first-order valence-electron chi connectivity index (χ1n) is 10.6. The normalized spacial score (nSPS) is 14.4. The highest BCUT2D eigenvalue weighted by Crippen LogP contribution is 2.32. The fraction of sp³-hybridized carbons (Fsp3) is 0.240. The van der Waals surface area contributed by atoms with Gasteiger partial charge in [-0.3, -0.25) is 4.90 Å². The molecule has 0 radical (unpaired) electrons. The van der Waals surface area contributed by atoms with Crippen molar-refractivity contribution in [1.82, 2.24) is 25.1 Å². The topological polar surface area (TPSA) is 46.8 Å². The first-order chi connectivity index (χ1) is 15.2. The average molecular weight is 450 g/mol. The van der Waals surface area contributed by atoms with E-state index in [4.69, 9.17) is 0 Å². The molecule has 0 fully saturated rings. The van der Waals surface area contributed by atoms with Crippen LogP contribution in [0.3, 0.4) is 0 Å². The van der Waals surface area contributed by atoms with Crippen LogP contribution < -0.4 is 0 Å². The Bertz CT molecular complexity index is 1170. The highest BCUT2D eigenvalue weighted by Gasteiger charge is 2.30. The Morgan fingerprint density at radius 2 is 1.66 bits per heavy atom. The van der Waals surface area contributed by atoms with Crippen LogP contribution in [0.15, 0.2) is 72.8 Å². The van der Waals surface area contributed by atoms with Crippen LogP contribution in [0.2, 0.25) is 0 Å². The number of hydrogen-bond donors (Lipinski definition) is 0. The van der Waals surface area contributed by atoms with E-state index in [2.05, 4.69) is 75.9 Å². The molecule has 0 saturated heterocycles. The minimum absolute atomic E-state index is 0. The summed E-state index contributed by atoms with van der Waals surface area (Å²) in [5, 5.41) is 12.7. The number of benzene rings is 3. The number of aromatic nitrogens is 4. The van der Waals surface area contributed by atoms with E-state index in [1.807, 2.05) is 4.68 Å². The van der Waals surface area contributed by atoms with Crippen molar-refractivity contribution in [2.45, 2.75) is 32.5 Å². The van der Waals surface area contributed by atoms with Crippen LogP contribution in [0.1, 0.15) is 39.7 Å². The maximum Gasteiger partial charge on any atom is 0.173 e. The Morgan fingerprint density at radius 1 is 0.938 bits per heavy atom. The standard InChI is InChI=1S/C25H24FN5.ClH/c1-18-6-10-21(11-7-18)24(30-15-14-20-4-2-3-5-22(20)17-30)25-27-28-29-31(25)16-19-8-12-23(26)13-9-19;/h2-13,24H,14-17H2,1H3;1H. The lowest BCUT2D eigenvalue weighted by Crippen LogP contribution is -2.36. The van der Waals surface area contributed by atoms with Crippen molar-refractivity contribution in [1.29, 1.82) is 0 Å². The van der Waals surface area contributed by atoms with Gasteiger partial charge in [-0.1, -0.05) is 66.2 Å². The average Bonchev–Trinajstić information content (AvgIpc) is 3.24. The summed E-state index contributed by atoms with van der Waals surface area (Å²) in [6.07, 6.45) is 0.998. The fourth-order valence-electron chi connectivity index (χ4n) is 4.29. The van der Waals surface area contributed by atoms with E-state index in [1.165, 1.54) is 34.4 Å². The first-order valence-corrected chi connectivity index (χ1v) is 10.6. The van der Waals surface area contributed by atoms with E-state index in [0.29, 0.717) is 6.54 Å². The molecule has 0 saturated carbocycles. The van der Waals surface area contributed by atoms with E-state index < -0.39 is 0 Å². The maximum atomic E-state index is 13.3. The van der Waals surface area contributed by atoms with Gasteiger partial charge in [-0.2, -0.15) is 0 Å². The van der Waals surface area contributed by atoms with Gasteiger partial charge >= 0.3 is 0 Å². The molecule has 0 bridgehead atoms. The van der Waals surface area contributed by atoms with Crippen LogP contribution in [0.4, 0.5) is 4.39 Å². The second kappa shape index (κ2) is 9.59. The lowest BCUT2D eigenvalue weighted by Gasteiger charge is -2.35. The quantitative estimate of drug-likeness (QED) is 0.441. The third-order valence-corrected chi connectivity index (χ3v) is 5.97. The number of fused-ring (bicyclic) bond motifs is 1. The van der Waals surface area contributed by atoms with E-state index >= 15 is 0 Å². The highest BCUT2D eigenvalue weighted by atomic mass is 35.5. The minimum Gasteiger partial charge on any atom is -0.285 e. The highest BCUT2D eigenvalue weighted by molar-refractivity contribution is 5.85. The molecule has 1 aliphatic heterocycles. The van der Waals surface area contributed by atoms with Gasteiger partial charge in [0.15, 0.2) is 5.82 Å². The van der Waals surface area contributed by atoms with E-state index in [0.717, 1.165) is 30.9 Å². The molecule has 164 valence electrons. The summed E-state index contributed by atoms with van der Waals surface area (Å²) in [6, 6.07) is 23.6. The molecule has 0 spiro atoms. The van der Waals surface area contributed by atoms with Crippen molar-refractivity contribution < 1.29 is 4.39 Å². The molecule has 4 aromatic rings. The fourth-order valence-corrected chi connectivity index (χ4v) is 4.29. The Morgan fingerprint density at radius 3 is 2.41 bits per heavy atom. The molecule has 0 amide bonds. The third-order valence-electron chi connectivity index (χ3n) is 5.97. The maximum absolute atomic E-state index is 13.3. The number of aryl methyl sites for hydroxylation is 1. The van der Waals surface area contributed by atoms with Crippen LogP contribution in [0.5, 0.6) is 0 Å². The van der Waals surface area contributed by atoms with Gasteiger partial charge in [0, 0.05) is 13.1 Å². The summed E-state index contributed by atoms with van der Waals surface area (Å²) in [6.45, 7) is 4.36. The zero-order valence-electron chi connectivity index (χ0n) is 17.9. The molecule has 1 atom stereocenters. The van der Waals surface area contributed by atoms with Gasteiger partial charge in [0.1, 0.15) is 5.82 Å². The molecule has 3 aromatic carbocycles. The van der Waals surface area contributed by atoms with Gasteiger partial charge in [-0.15, -0.1) is 17.5 Å². The molecule has 5 rings (SSSR count). The second-order valence-electron chi connectivity index (χ2n) is 8.12. The zero-order chi connectivity index (χ0) is 21.2. The molecule has 32 heavy (non-hydrogen) atoms. The molecular formula is C25H25ClFN5. The van der Waals surface area contributed by atoms with Crippen LogP contribution in [-0.2, 0) is 19.5 Å². The summed E-state index contributed by atoms with van der Waals surface area (Å²) in [5.41, 5.74) is 6.11. The molecule has 1 unspecified atom stereocenters. The predicted octanol–water partition coefficient (Wildman–Crippen LogP) is 4.74. The van der Waals surface area contributed by atoms with E-state index in [1.54, 1.807) is 12.1 Å². The summed E-state index contributed by atoms with van der Waals surface area (Å²) in [5.74, 6) is 0.553. The summed E-state index contributed by atoms with van der Waals surface area (Å²) >= 11 is 0. The van der Waals surface area contributed by atoms with Gasteiger partial charge in [0.25, 0.3) is 0 Å². The number of tetrazole rings is 1. The lowest BCUT2D eigenvalue weighted by atomic mass is 9.95. The van der Waals surface area contributed by atoms with Crippen molar-refractivity contribution in [3.8, 4) is 0 Å². The zero-order valence-corrected chi connectivity index (χ0v) is 18.7. The van der Waals surface area contributed by atoms with Gasteiger partial charge in [-0.05, 0) is 58.2 Å². The first kappa shape index (κ1) is 22.1. The molecule has 0 N–H and O–H groups in total. The lowest BCUT2D eigenvalue weighted by molar-refractivity contribution is 0.195. The molecule has 1 aliphatic rings. The second-order valence-corrected chi connectivity index (χ2v) is 8.12. The van der Waals surface area contributed by atoms with Crippen molar-refractivity contribution >= 4 is 12.4 Å². The Hall–Kier alpha value is -3.09. The van der Waals surface area contributed by atoms with Crippen molar-refractivity contribution in [2.75, 3.05) is 6.54 Å². The third kappa shape index (κ3) is 4.56. The number of hydrogen-bond acceptors (Lipinski definition) is 4. The van der Waals surface area contributed by atoms with Gasteiger partial charge in [-0.25, -0.2) is 9.07 Å². The number of rotatable bonds is 5. The summed E-state index contributed by atoms with van der Waals surface area (Å²) < 4.78 is 15.2. The van der Waals surface area contributed by atoms with Crippen LogP contribution in [0, 0.1) is 12.7 Å². The molecule has 7 heteroatoms. The van der Waals surface area contributed by atoms with Gasteiger partial charge < -0.3 is 0 Å². The minimum atomic E-state index is -0.245. The molecule has 2 heterocycles. The van der Waals surface area contributed by atoms with Crippen molar-refractivity contribution in [2.24, 2.45) is 0 Å². The van der Waals surface area contributed by atoms with Gasteiger partial charge in [0.05, 0.1) is 12.6 Å². The molecule has 5 nitrogen and oxygen atoms in total. The van der Waals surface area contributed by atoms with Gasteiger partial charge in [0.2, 0.25) is 0 Å². The SMILES string of the molecule is Cc1ccc(C(c2nnnn2Cc2ccc(F)cc2)N2CCc3ccccc3C2)cc1.Cl. The van der Waals surface area contributed by atoms with Crippen molar-refractivity contribution in [3.63, 3.8) is 0 Å². The molecule has 1 aromatic heterocycles. The van der Waals surface area contributed by atoms with E-state index in [-0.39, 0.29) is 24.3 Å². The Balaban J connectivity index is 0.00000245. The van der Waals surface area contributed by atoms with Crippen LogP contribution in [-0.4, -0.2) is 31.7 Å². The summed E-state index contributed by atoms with van der Waals surface area (Å²) in [7, 11) is 0. The number of nitrogens with zero attached hydrogens (tertiary/aromatic N) is 5. The summed E-state index contributed by atoms with van der Waals surface area (Å²) in [4.78, 5) is 2.44. The van der Waals surface area contributed by atoms with Crippen molar-refractivity contribution in [3.05, 3.63) is 112 Å². The Labute approximate surface area is 193 Å². The van der Waals surface area contributed by atoms with Crippen LogP contribution in [0.25, 0.3) is 0 Å². The van der Waals surface area contributed by atoms with E-state index in [9.17, 15) is 4.39 Å². The van der Waals surface area contributed by atoms with Crippen LogP contribution >= 0.6 is 12.4 Å². The monoisotopic (exact) mass is 449 g/mol. The smallest absolute Gasteiger partial charge is 0.173 e. The largest absolute Gasteiger partial charge is 0.285 e. The Kier molecular flexibility index (Phi) is 6.63. The predicted molar refractivity (Wildman–Crippen MR) is 124 cm³/mol. The molecular weight excluding hydrogens is 425 g/mol. The number of halogens is 2. The molecule has 0 aliphatic carbocycles.